The van der Waals surface area contributed by atoms with Crippen LogP contribution in [0.2, 0.25) is 0 Å². The number of hydrogen-bond acceptors (Lipinski definition) is 7. The van der Waals surface area contributed by atoms with Gasteiger partial charge in [-0.2, -0.15) is 0 Å². The molecule has 2 amide bonds. The molecule has 0 aliphatic carbocycles. The van der Waals surface area contributed by atoms with Crippen LogP contribution in [0.15, 0.2) is 71.7 Å². The standard InChI is InChI=1S/C25H25N3O4S2/c1-27(2)15-16-32-24(31)19-11-13-20(14-12-19)26-22(29)17-28-23(30)21(34-25(28)33)10-6-9-18-7-4-3-5-8-18/h3-14H,15-17H2,1-2H3,(H,26,29)/b9-6+,21-10-. The number of thiocarbonyl (C=S) groups is 1. The highest BCUT2D eigenvalue weighted by molar-refractivity contribution is 8.26. The SMILES string of the molecule is CN(C)CCOC(=O)c1ccc(NC(=O)CN2C(=O)/C(=C/C=C/c3ccccc3)SC2=S)cc1. The summed E-state index contributed by atoms with van der Waals surface area (Å²) in [6.45, 7) is 0.735. The van der Waals surface area contributed by atoms with Crippen LogP contribution in [0, 0.1) is 0 Å². The number of rotatable bonds is 9. The third-order valence-corrected chi connectivity index (χ3v) is 6.08. The molecular formula is C25H25N3O4S2. The van der Waals surface area contributed by atoms with Crippen molar-refractivity contribution in [2.45, 2.75) is 0 Å². The number of likely N-dealkylation sites (N-methyl/N-ethyl adjacent to an activating group) is 1. The molecule has 1 saturated heterocycles. The van der Waals surface area contributed by atoms with Crippen LogP contribution in [0.1, 0.15) is 15.9 Å². The first-order chi connectivity index (χ1) is 16.3. The van der Waals surface area contributed by atoms with Crippen molar-refractivity contribution in [3.05, 3.63) is 82.8 Å². The number of anilines is 1. The van der Waals surface area contributed by atoms with Crippen molar-refractivity contribution in [1.82, 2.24) is 9.80 Å². The Hall–Kier alpha value is -3.27. The summed E-state index contributed by atoms with van der Waals surface area (Å²) in [7, 11) is 3.79. The van der Waals surface area contributed by atoms with Crippen LogP contribution in [-0.2, 0) is 14.3 Å². The van der Waals surface area contributed by atoms with Gasteiger partial charge in [0, 0.05) is 12.2 Å². The summed E-state index contributed by atoms with van der Waals surface area (Å²) in [5.74, 6) is -1.12. The Labute approximate surface area is 208 Å². The summed E-state index contributed by atoms with van der Waals surface area (Å²) in [4.78, 5) is 40.9. The maximum atomic E-state index is 12.7. The summed E-state index contributed by atoms with van der Waals surface area (Å²) in [6.07, 6.45) is 5.37. The molecule has 0 spiro atoms. The second-order valence-corrected chi connectivity index (χ2v) is 9.30. The number of esters is 1. The minimum Gasteiger partial charge on any atom is -0.461 e. The highest BCUT2D eigenvalue weighted by atomic mass is 32.2. The number of carbonyl (C=O) groups excluding carboxylic acids is 3. The van der Waals surface area contributed by atoms with Gasteiger partial charge in [-0.1, -0.05) is 66.5 Å². The van der Waals surface area contributed by atoms with Crippen LogP contribution < -0.4 is 5.32 Å². The minimum atomic E-state index is -0.426. The second-order valence-electron chi connectivity index (χ2n) is 7.62. The van der Waals surface area contributed by atoms with Gasteiger partial charge in [-0.15, -0.1) is 0 Å². The van der Waals surface area contributed by atoms with Crippen molar-refractivity contribution in [3.63, 3.8) is 0 Å². The zero-order valence-corrected chi connectivity index (χ0v) is 20.5. The van der Waals surface area contributed by atoms with E-state index in [4.69, 9.17) is 17.0 Å². The number of benzene rings is 2. The van der Waals surface area contributed by atoms with Crippen molar-refractivity contribution >= 4 is 57.8 Å². The number of allylic oxidation sites excluding steroid dienone is 2. The van der Waals surface area contributed by atoms with Crippen LogP contribution >= 0.6 is 24.0 Å². The molecule has 2 aromatic rings. The second kappa shape index (κ2) is 12.3. The lowest BCUT2D eigenvalue weighted by molar-refractivity contribution is -0.126. The molecule has 0 bridgehead atoms. The van der Waals surface area contributed by atoms with E-state index in [-0.39, 0.29) is 12.5 Å². The van der Waals surface area contributed by atoms with Crippen molar-refractivity contribution in [1.29, 1.82) is 0 Å². The molecule has 2 aromatic carbocycles. The molecule has 0 unspecified atom stereocenters. The maximum absolute atomic E-state index is 12.7. The lowest BCUT2D eigenvalue weighted by Gasteiger charge is -2.14. The van der Waals surface area contributed by atoms with E-state index in [0.29, 0.717) is 33.6 Å². The maximum Gasteiger partial charge on any atom is 0.338 e. The third kappa shape index (κ3) is 7.38. The predicted octanol–water partition coefficient (Wildman–Crippen LogP) is 3.80. The van der Waals surface area contributed by atoms with Crippen LogP contribution in [0.5, 0.6) is 0 Å². The molecule has 1 fully saturated rings. The van der Waals surface area contributed by atoms with Gasteiger partial charge in [0.2, 0.25) is 5.91 Å². The normalized spacial score (nSPS) is 14.9. The monoisotopic (exact) mass is 495 g/mol. The lowest BCUT2D eigenvalue weighted by Crippen LogP contribution is -2.36. The molecule has 9 heteroatoms. The molecule has 0 radical (unpaired) electrons. The van der Waals surface area contributed by atoms with E-state index < -0.39 is 11.9 Å². The summed E-state index contributed by atoms with van der Waals surface area (Å²) in [5, 5.41) is 2.72. The van der Waals surface area contributed by atoms with E-state index in [2.05, 4.69) is 5.32 Å². The number of hydrogen-bond donors (Lipinski definition) is 1. The molecule has 34 heavy (non-hydrogen) atoms. The fourth-order valence-corrected chi connectivity index (χ4v) is 4.11. The van der Waals surface area contributed by atoms with Gasteiger partial charge >= 0.3 is 5.97 Å². The minimum absolute atomic E-state index is 0.196. The number of amides is 2. The average molecular weight is 496 g/mol. The predicted molar refractivity (Wildman–Crippen MR) is 139 cm³/mol. The molecule has 1 N–H and O–H groups in total. The highest BCUT2D eigenvalue weighted by Gasteiger charge is 2.33. The smallest absolute Gasteiger partial charge is 0.338 e. The summed E-state index contributed by atoms with van der Waals surface area (Å²) < 4.78 is 5.53. The summed E-state index contributed by atoms with van der Waals surface area (Å²) >= 11 is 6.45. The van der Waals surface area contributed by atoms with Crippen LogP contribution in [0.25, 0.3) is 6.08 Å². The van der Waals surface area contributed by atoms with Crippen molar-refractivity contribution in [3.8, 4) is 0 Å². The summed E-state index contributed by atoms with van der Waals surface area (Å²) in [5.41, 5.74) is 1.91. The Morgan fingerprint density at radius 3 is 2.50 bits per heavy atom. The molecule has 176 valence electrons. The number of carbonyl (C=O) groups is 3. The first-order valence-electron chi connectivity index (χ1n) is 10.5. The fourth-order valence-electron chi connectivity index (χ4n) is 2.90. The molecule has 1 aliphatic heterocycles. The Morgan fingerprint density at radius 2 is 1.82 bits per heavy atom. The zero-order valence-electron chi connectivity index (χ0n) is 18.9. The van der Waals surface area contributed by atoms with E-state index in [1.54, 1.807) is 36.4 Å². The molecule has 0 aromatic heterocycles. The quantitative estimate of drug-likeness (QED) is 0.322. The van der Waals surface area contributed by atoms with E-state index in [1.807, 2.05) is 55.4 Å². The van der Waals surface area contributed by atoms with E-state index >= 15 is 0 Å². The van der Waals surface area contributed by atoms with Gasteiger partial charge in [-0.05, 0) is 50.0 Å². The van der Waals surface area contributed by atoms with Crippen LogP contribution in [-0.4, -0.2) is 65.7 Å². The Bertz CT molecular complexity index is 1110. The topological polar surface area (TPSA) is 79.0 Å². The van der Waals surface area contributed by atoms with Gasteiger partial charge < -0.3 is 15.0 Å². The van der Waals surface area contributed by atoms with Gasteiger partial charge in [0.25, 0.3) is 5.91 Å². The van der Waals surface area contributed by atoms with Crippen LogP contribution in [0.3, 0.4) is 0 Å². The van der Waals surface area contributed by atoms with E-state index in [9.17, 15) is 14.4 Å². The van der Waals surface area contributed by atoms with Gasteiger partial charge in [0.15, 0.2) is 0 Å². The molecule has 1 heterocycles. The molecule has 0 atom stereocenters. The van der Waals surface area contributed by atoms with Crippen molar-refractivity contribution < 1.29 is 19.1 Å². The molecule has 7 nitrogen and oxygen atoms in total. The van der Waals surface area contributed by atoms with Crippen molar-refractivity contribution in [2.75, 3.05) is 39.1 Å². The first-order valence-corrected chi connectivity index (χ1v) is 11.7. The van der Waals surface area contributed by atoms with E-state index in [1.165, 1.54) is 4.90 Å². The Morgan fingerprint density at radius 1 is 1.12 bits per heavy atom. The lowest BCUT2D eigenvalue weighted by atomic mass is 10.2. The van der Waals surface area contributed by atoms with Crippen molar-refractivity contribution in [2.24, 2.45) is 0 Å². The highest BCUT2D eigenvalue weighted by Crippen LogP contribution is 2.30. The van der Waals surface area contributed by atoms with Gasteiger partial charge in [0.1, 0.15) is 17.5 Å². The van der Waals surface area contributed by atoms with Gasteiger partial charge in [-0.25, -0.2) is 4.79 Å². The average Bonchev–Trinajstić information content (AvgIpc) is 3.07. The largest absolute Gasteiger partial charge is 0.461 e. The van der Waals surface area contributed by atoms with Gasteiger partial charge in [0.05, 0.1) is 10.5 Å². The Balaban J connectivity index is 1.52. The molecule has 3 rings (SSSR count). The summed E-state index contributed by atoms with van der Waals surface area (Å²) in [6, 6.07) is 16.1. The van der Waals surface area contributed by atoms with E-state index in [0.717, 1.165) is 17.3 Å². The molecule has 0 saturated carbocycles. The zero-order chi connectivity index (χ0) is 24.5. The molecule has 1 aliphatic rings. The number of nitrogens with one attached hydrogen (secondary N) is 1. The van der Waals surface area contributed by atoms with Gasteiger partial charge in [-0.3, -0.25) is 14.5 Å². The third-order valence-electron chi connectivity index (χ3n) is 4.69. The Kier molecular flexibility index (Phi) is 9.15. The number of ether oxygens (including phenoxy) is 1. The number of thioether (sulfide) groups is 1. The molecular weight excluding hydrogens is 470 g/mol. The number of nitrogens with zero attached hydrogens (tertiary/aromatic N) is 2. The first kappa shape index (κ1) is 25.4. The fraction of sp³-hybridized carbons (Fsp3) is 0.200. The van der Waals surface area contributed by atoms with Crippen LogP contribution in [0.4, 0.5) is 5.69 Å².